The van der Waals surface area contributed by atoms with Crippen LogP contribution in [0.3, 0.4) is 0 Å². The molecule has 0 amide bonds. The monoisotopic (exact) mass is 98.1 g/mol. The lowest BCUT2D eigenvalue weighted by atomic mass is 10.3. The third-order valence-corrected chi connectivity index (χ3v) is 1.24. The molecule has 0 aliphatic carbocycles. The number of nitrogens with zero attached hydrogens (tertiary/aromatic N) is 1. The lowest BCUT2D eigenvalue weighted by Gasteiger charge is -1.84. The topological polar surface area (TPSA) is 24.4 Å². The van der Waals surface area contributed by atoms with Crippen molar-refractivity contribution in [3.63, 3.8) is 0 Å². The summed E-state index contributed by atoms with van der Waals surface area (Å²) in [5.41, 5.74) is 1.31. The highest BCUT2D eigenvalue weighted by molar-refractivity contribution is 5.88. The molecule has 0 aromatic rings. The first-order valence-corrected chi connectivity index (χ1v) is 2.59. The van der Waals surface area contributed by atoms with E-state index in [-0.39, 0.29) is 0 Å². The lowest BCUT2D eigenvalue weighted by molar-refractivity contribution is 0.863. The van der Waals surface area contributed by atoms with Gasteiger partial charge < -0.3 is 5.32 Å². The van der Waals surface area contributed by atoms with Gasteiger partial charge in [-0.2, -0.15) is 0 Å². The van der Waals surface area contributed by atoms with E-state index >= 15 is 0 Å². The Labute approximate surface area is 43.6 Å². The smallest absolute Gasteiger partial charge is 0.0335 e. The third-order valence-electron chi connectivity index (χ3n) is 1.24. The second kappa shape index (κ2) is 2.07. The van der Waals surface area contributed by atoms with Crippen LogP contribution in [-0.2, 0) is 0 Å². The quantitative estimate of drug-likeness (QED) is 0.455. The fourth-order valence-corrected chi connectivity index (χ4v) is 0.745. The summed E-state index contributed by atoms with van der Waals surface area (Å²) in [4.78, 5) is 4.04. The van der Waals surface area contributed by atoms with E-state index in [1.54, 1.807) is 0 Å². The molecule has 0 spiro atoms. The average molecular weight is 98.1 g/mol. The van der Waals surface area contributed by atoms with Crippen molar-refractivity contribution in [2.45, 2.75) is 6.42 Å². The Kier molecular flexibility index (Phi) is 1.42. The van der Waals surface area contributed by atoms with Crippen molar-refractivity contribution in [2.24, 2.45) is 4.99 Å². The molecule has 0 aromatic heterocycles. The largest absolute Gasteiger partial charge is 0.311 e. The van der Waals surface area contributed by atoms with Crippen LogP contribution in [0.15, 0.2) is 4.99 Å². The summed E-state index contributed by atoms with van der Waals surface area (Å²) in [7, 11) is 1.85. The van der Waals surface area contributed by atoms with Crippen molar-refractivity contribution in [2.75, 3.05) is 20.1 Å². The Balaban J connectivity index is 2.41. The van der Waals surface area contributed by atoms with Gasteiger partial charge in [-0.1, -0.05) is 0 Å². The first-order chi connectivity index (χ1) is 3.43. The van der Waals surface area contributed by atoms with E-state index < -0.39 is 0 Å². The van der Waals surface area contributed by atoms with Gasteiger partial charge in [0.15, 0.2) is 0 Å². The van der Waals surface area contributed by atoms with Crippen LogP contribution in [-0.4, -0.2) is 25.8 Å². The van der Waals surface area contributed by atoms with Crippen LogP contribution in [0.25, 0.3) is 0 Å². The molecule has 1 saturated heterocycles. The van der Waals surface area contributed by atoms with E-state index in [0.717, 1.165) is 19.5 Å². The molecule has 1 aliphatic heterocycles. The van der Waals surface area contributed by atoms with Gasteiger partial charge in [-0.05, 0) is 6.42 Å². The van der Waals surface area contributed by atoms with Gasteiger partial charge in [-0.15, -0.1) is 0 Å². The highest BCUT2D eigenvalue weighted by atomic mass is 14.9. The van der Waals surface area contributed by atoms with E-state index in [1.807, 2.05) is 7.05 Å². The summed E-state index contributed by atoms with van der Waals surface area (Å²) in [6, 6.07) is 0. The molecule has 1 rings (SSSR count). The molecule has 7 heavy (non-hydrogen) atoms. The number of rotatable bonds is 0. The fourth-order valence-electron chi connectivity index (χ4n) is 0.745. The van der Waals surface area contributed by atoms with Crippen LogP contribution >= 0.6 is 0 Å². The molecule has 0 unspecified atom stereocenters. The van der Waals surface area contributed by atoms with Gasteiger partial charge in [0.25, 0.3) is 0 Å². The summed E-state index contributed by atoms with van der Waals surface area (Å²) in [6.07, 6.45) is 1.15. The zero-order valence-corrected chi connectivity index (χ0v) is 4.57. The van der Waals surface area contributed by atoms with Gasteiger partial charge in [0, 0.05) is 25.8 Å². The Morgan fingerprint density at radius 1 is 1.71 bits per heavy atom. The molecule has 0 aromatic carbocycles. The lowest BCUT2D eigenvalue weighted by Crippen LogP contribution is -2.07. The first kappa shape index (κ1) is 4.78. The number of hydrogen-bond donors (Lipinski definition) is 1. The highest BCUT2D eigenvalue weighted by Crippen LogP contribution is 1.89. The zero-order valence-electron chi connectivity index (χ0n) is 4.57. The molecule has 1 aliphatic rings. The van der Waals surface area contributed by atoms with Gasteiger partial charge in [0.1, 0.15) is 0 Å². The number of aliphatic imine (C=N–C) groups is 1. The molecule has 1 heterocycles. The summed E-state index contributed by atoms with van der Waals surface area (Å²) in [5.74, 6) is 0. The molecule has 2 heteroatoms. The predicted molar refractivity (Wildman–Crippen MR) is 30.8 cm³/mol. The molecule has 0 saturated carbocycles. The fraction of sp³-hybridized carbons (Fsp3) is 0.800. The zero-order chi connectivity index (χ0) is 5.11. The van der Waals surface area contributed by atoms with Crippen LogP contribution < -0.4 is 5.32 Å². The van der Waals surface area contributed by atoms with Crippen LogP contribution in [0.5, 0.6) is 0 Å². The van der Waals surface area contributed by atoms with Gasteiger partial charge in [0.05, 0.1) is 0 Å². The minimum atomic E-state index is 1.01. The van der Waals surface area contributed by atoms with E-state index in [9.17, 15) is 0 Å². The van der Waals surface area contributed by atoms with Crippen LogP contribution in [0.1, 0.15) is 6.42 Å². The second-order valence-corrected chi connectivity index (χ2v) is 1.72. The van der Waals surface area contributed by atoms with Crippen molar-refractivity contribution >= 4 is 5.71 Å². The molecule has 2 nitrogen and oxygen atoms in total. The molecular formula is C5H10N2. The summed E-state index contributed by atoms with van der Waals surface area (Å²) in [6.45, 7) is 2.13. The van der Waals surface area contributed by atoms with Crippen molar-refractivity contribution in [3.8, 4) is 0 Å². The van der Waals surface area contributed by atoms with Crippen LogP contribution in [0.4, 0.5) is 0 Å². The predicted octanol–water partition coefficient (Wildman–Crippen LogP) is 0.0505. The van der Waals surface area contributed by atoms with E-state index in [4.69, 9.17) is 0 Å². The maximum absolute atomic E-state index is 4.04. The number of nitrogens with one attached hydrogen (secondary N) is 1. The Morgan fingerprint density at radius 3 is 2.86 bits per heavy atom. The van der Waals surface area contributed by atoms with Crippen molar-refractivity contribution in [3.05, 3.63) is 0 Å². The van der Waals surface area contributed by atoms with Gasteiger partial charge >= 0.3 is 0 Å². The first-order valence-electron chi connectivity index (χ1n) is 2.59. The Hall–Kier alpha value is -0.370. The van der Waals surface area contributed by atoms with E-state index in [2.05, 4.69) is 10.3 Å². The minimum absolute atomic E-state index is 1.01. The normalized spacial score (nSPS) is 26.7. The summed E-state index contributed by atoms with van der Waals surface area (Å²) < 4.78 is 0. The highest BCUT2D eigenvalue weighted by Gasteiger charge is 2.03. The third kappa shape index (κ3) is 0.996. The SMILES string of the molecule is CN=C1CCNC1. The second-order valence-electron chi connectivity index (χ2n) is 1.72. The average Bonchev–Trinajstić information content (AvgIpc) is 2.14. The van der Waals surface area contributed by atoms with E-state index in [1.165, 1.54) is 5.71 Å². The maximum Gasteiger partial charge on any atom is 0.0335 e. The van der Waals surface area contributed by atoms with Gasteiger partial charge in [0.2, 0.25) is 0 Å². The van der Waals surface area contributed by atoms with Crippen molar-refractivity contribution in [1.29, 1.82) is 0 Å². The van der Waals surface area contributed by atoms with E-state index in [0.29, 0.717) is 0 Å². The summed E-state index contributed by atoms with van der Waals surface area (Å²) in [5, 5.41) is 3.19. The molecule has 0 bridgehead atoms. The Bertz CT molecular complexity index is 78.1. The molecule has 40 valence electrons. The van der Waals surface area contributed by atoms with Crippen LogP contribution in [0.2, 0.25) is 0 Å². The van der Waals surface area contributed by atoms with Gasteiger partial charge in [-0.3, -0.25) is 4.99 Å². The minimum Gasteiger partial charge on any atom is -0.311 e. The molecular weight excluding hydrogens is 88.1 g/mol. The standard InChI is InChI=1S/C5H10N2/c1-6-5-2-3-7-4-5/h7H,2-4H2,1H3. The molecule has 1 fully saturated rings. The van der Waals surface area contributed by atoms with Crippen molar-refractivity contribution < 1.29 is 0 Å². The Morgan fingerprint density at radius 2 is 2.57 bits per heavy atom. The van der Waals surface area contributed by atoms with Gasteiger partial charge in [-0.25, -0.2) is 0 Å². The molecule has 1 N–H and O–H groups in total. The van der Waals surface area contributed by atoms with Crippen LogP contribution in [0, 0.1) is 0 Å². The maximum atomic E-state index is 4.04. The molecule has 0 atom stereocenters. The van der Waals surface area contributed by atoms with Crippen molar-refractivity contribution in [1.82, 2.24) is 5.32 Å². The summed E-state index contributed by atoms with van der Waals surface area (Å²) >= 11 is 0. The number of hydrogen-bond acceptors (Lipinski definition) is 2. The molecule has 0 radical (unpaired) electrons.